The number of hydrogen-bond donors (Lipinski definition) is 1. The average Bonchev–Trinajstić information content (AvgIpc) is 2.92. The summed E-state index contributed by atoms with van der Waals surface area (Å²) in [6, 6.07) is 3.04. The second-order valence-corrected chi connectivity index (χ2v) is 6.06. The molecule has 0 aromatic heterocycles. The largest absolute Gasteiger partial charge is 0.375 e. The molecule has 1 saturated carbocycles. The van der Waals surface area contributed by atoms with Crippen LogP contribution in [-0.4, -0.2) is 48.8 Å². The topological polar surface area (TPSA) is 48.3 Å². The molecule has 0 spiro atoms. The van der Waals surface area contributed by atoms with Crippen molar-refractivity contribution in [3.8, 4) is 6.07 Å². The first-order chi connectivity index (χ1) is 9.18. The average molecular weight is 265 g/mol. The predicted molar refractivity (Wildman–Crippen MR) is 75.9 cm³/mol. The summed E-state index contributed by atoms with van der Waals surface area (Å²) in [5, 5.41) is 12.7. The van der Waals surface area contributed by atoms with Crippen molar-refractivity contribution < 1.29 is 4.74 Å². The van der Waals surface area contributed by atoms with Gasteiger partial charge in [0.1, 0.15) is 5.54 Å². The maximum absolute atomic E-state index is 9.37. The van der Waals surface area contributed by atoms with Crippen LogP contribution < -0.4 is 5.32 Å². The third kappa shape index (κ3) is 3.68. The van der Waals surface area contributed by atoms with E-state index in [2.05, 4.69) is 23.2 Å². The van der Waals surface area contributed by atoms with E-state index in [1.807, 2.05) is 6.92 Å². The van der Waals surface area contributed by atoms with Crippen molar-refractivity contribution in [2.24, 2.45) is 0 Å². The van der Waals surface area contributed by atoms with Crippen LogP contribution in [0.25, 0.3) is 0 Å². The van der Waals surface area contributed by atoms with Crippen LogP contribution in [-0.2, 0) is 4.74 Å². The van der Waals surface area contributed by atoms with Crippen molar-refractivity contribution in [1.82, 2.24) is 10.2 Å². The number of nitrogens with zero attached hydrogens (tertiary/aromatic N) is 2. The Labute approximate surface area is 117 Å². The maximum Gasteiger partial charge on any atom is 0.105 e. The lowest BCUT2D eigenvalue weighted by molar-refractivity contribution is -0.0569. The van der Waals surface area contributed by atoms with Gasteiger partial charge in [-0.3, -0.25) is 10.2 Å². The van der Waals surface area contributed by atoms with E-state index in [0.29, 0.717) is 12.1 Å². The zero-order valence-corrected chi connectivity index (χ0v) is 12.3. The summed E-state index contributed by atoms with van der Waals surface area (Å²) in [6.45, 7) is 7.96. The predicted octanol–water partition coefficient (Wildman–Crippen LogP) is 1.91. The van der Waals surface area contributed by atoms with Gasteiger partial charge in [-0.15, -0.1) is 0 Å². The Morgan fingerprint density at radius 1 is 1.47 bits per heavy atom. The Morgan fingerprint density at radius 2 is 2.32 bits per heavy atom. The molecule has 0 amide bonds. The third-order valence-electron chi connectivity index (χ3n) is 4.51. The molecular weight excluding hydrogens is 238 g/mol. The Kier molecular flexibility index (Phi) is 5.20. The molecule has 2 aliphatic rings. The fourth-order valence-corrected chi connectivity index (χ4v) is 3.24. The monoisotopic (exact) mass is 265 g/mol. The van der Waals surface area contributed by atoms with Gasteiger partial charge in [0, 0.05) is 19.1 Å². The Morgan fingerprint density at radius 3 is 3.05 bits per heavy atom. The fraction of sp³-hybridized carbons (Fsp3) is 0.933. The number of nitrogens with one attached hydrogen (secondary N) is 1. The van der Waals surface area contributed by atoms with E-state index in [1.54, 1.807) is 0 Å². The van der Waals surface area contributed by atoms with Crippen LogP contribution in [0.15, 0.2) is 0 Å². The van der Waals surface area contributed by atoms with E-state index < -0.39 is 0 Å². The summed E-state index contributed by atoms with van der Waals surface area (Å²) >= 11 is 0. The second-order valence-electron chi connectivity index (χ2n) is 6.06. The van der Waals surface area contributed by atoms with Gasteiger partial charge in [-0.1, -0.05) is 6.92 Å². The molecule has 1 saturated heterocycles. The minimum Gasteiger partial charge on any atom is -0.375 e. The number of ether oxygens (including phenoxy) is 1. The molecular formula is C15H27N3O. The second kappa shape index (κ2) is 6.69. The van der Waals surface area contributed by atoms with Crippen molar-refractivity contribution in [2.75, 3.05) is 26.2 Å². The molecule has 0 aromatic rings. The Balaban J connectivity index is 1.84. The van der Waals surface area contributed by atoms with Gasteiger partial charge in [-0.2, -0.15) is 5.26 Å². The van der Waals surface area contributed by atoms with E-state index in [0.717, 1.165) is 39.1 Å². The Bertz CT molecular complexity index is 328. The molecule has 0 aromatic carbocycles. The van der Waals surface area contributed by atoms with E-state index in [9.17, 15) is 5.26 Å². The van der Waals surface area contributed by atoms with Crippen molar-refractivity contribution >= 4 is 0 Å². The minimum absolute atomic E-state index is 0.386. The van der Waals surface area contributed by atoms with Gasteiger partial charge in [0.05, 0.1) is 18.8 Å². The standard InChI is InChI=1S/C15H27N3O/c1-3-8-17-15(2,12-16)7-9-18-10-11-19-14-6-4-5-13(14)18/h13-14,17H,3-11H2,1-2H3. The summed E-state index contributed by atoms with van der Waals surface area (Å²) in [4.78, 5) is 2.55. The quantitative estimate of drug-likeness (QED) is 0.797. The molecule has 0 bridgehead atoms. The van der Waals surface area contributed by atoms with Gasteiger partial charge in [0.15, 0.2) is 0 Å². The molecule has 1 aliphatic heterocycles. The molecule has 1 N–H and O–H groups in total. The lowest BCUT2D eigenvalue weighted by atomic mass is 9.98. The van der Waals surface area contributed by atoms with Crippen molar-refractivity contribution in [2.45, 2.75) is 63.6 Å². The SMILES string of the molecule is CCCNC(C)(C#N)CCN1CCOC2CCCC21. The lowest BCUT2D eigenvalue weighted by Crippen LogP contribution is -2.51. The molecule has 19 heavy (non-hydrogen) atoms. The van der Waals surface area contributed by atoms with E-state index in [1.165, 1.54) is 19.3 Å². The summed E-state index contributed by atoms with van der Waals surface area (Å²) in [6.07, 6.45) is 6.17. The van der Waals surface area contributed by atoms with Crippen molar-refractivity contribution in [3.63, 3.8) is 0 Å². The molecule has 108 valence electrons. The van der Waals surface area contributed by atoms with Crippen LogP contribution >= 0.6 is 0 Å². The number of nitriles is 1. The first-order valence-corrected chi connectivity index (χ1v) is 7.70. The molecule has 2 rings (SSSR count). The number of rotatable bonds is 6. The maximum atomic E-state index is 9.37. The normalized spacial score (nSPS) is 30.6. The van der Waals surface area contributed by atoms with Crippen LogP contribution in [0.5, 0.6) is 0 Å². The van der Waals surface area contributed by atoms with Crippen molar-refractivity contribution in [1.29, 1.82) is 5.26 Å². The number of hydrogen-bond acceptors (Lipinski definition) is 4. The highest BCUT2D eigenvalue weighted by molar-refractivity contribution is 5.04. The van der Waals surface area contributed by atoms with E-state index >= 15 is 0 Å². The van der Waals surface area contributed by atoms with Gasteiger partial charge in [0.25, 0.3) is 0 Å². The number of fused-ring (bicyclic) bond motifs is 1. The molecule has 1 heterocycles. The summed E-state index contributed by atoms with van der Waals surface area (Å²) in [5.74, 6) is 0. The highest BCUT2D eigenvalue weighted by Crippen LogP contribution is 2.30. The summed E-state index contributed by atoms with van der Waals surface area (Å²) in [5.41, 5.74) is -0.386. The van der Waals surface area contributed by atoms with Crippen LogP contribution in [0.4, 0.5) is 0 Å². The highest BCUT2D eigenvalue weighted by atomic mass is 16.5. The van der Waals surface area contributed by atoms with Crippen LogP contribution in [0.2, 0.25) is 0 Å². The molecule has 3 atom stereocenters. The first-order valence-electron chi connectivity index (χ1n) is 7.70. The molecule has 1 aliphatic carbocycles. The number of morpholine rings is 1. The van der Waals surface area contributed by atoms with E-state index in [4.69, 9.17) is 4.74 Å². The first kappa shape index (κ1) is 14.8. The van der Waals surface area contributed by atoms with Gasteiger partial charge in [0.2, 0.25) is 0 Å². The Hall–Kier alpha value is -0.630. The van der Waals surface area contributed by atoms with Gasteiger partial charge in [-0.25, -0.2) is 0 Å². The molecule has 4 heteroatoms. The fourth-order valence-electron chi connectivity index (χ4n) is 3.24. The third-order valence-corrected chi connectivity index (χ3v) is 4.51. The minimum atomic E-state index is -0.386. The lowest BCUT2D eigenvalue weighted by Gasteiger charge is -2.39. The zero-order chi connectivity index (χ0) is 13.7. The van der Waals surface area contributed by atoms with E-state index in [-0.39, 0.29) is 5.54 Å². The van der Waals surface area contributed by atoms with Crippen LogP contribution in [0, 0.1) is 11.3 Å². The van der Waals surface area contributed by atoms with Gasteiger partial charge >= 0.3 is 0 Å². The van der Waals surface area contributed by atoms with Gasteiger partial charge in [-0.05, 0) is 45.6 Å². The molecule has 0 radical (unpaired) electrons. The molecule has 2 fully saturated rings. The smallest absolute Gasteiger partial charge is 0.105 e. The molecule has 4 nitrogen and oxygen atoms in total. The van der Waals surface area contributed by atoms with Gasteiger partial charge < -0.3 is 4.74 Å². The summed E-state index contributed by atoms with van der Waals surface area (Å²) < 4.78 is 5.83. The van der Waals surface area contributed by atoms with Crippen LogP contribution in [0.3, 0.4) is 0 Å². The van der Waals surface area contributed by atoms with Crippen LogP contribution in [0.1, 0.15) is 46.0 Å². The summed E-state index contributed by atoms with van der Waals surface area (Å²) in [7, 11) is 0. The highest BCUT2D eigenvalue weighted by Gasteiger charge is 2.36. The molecule has 3 unspecified atom stereocenters. The zero-order valence-electron chi connectivity index (χ0n) is 12.3. The van der Waals surface area contributed by atoms with Crippen molar-refractivity contribution in [3.05, 3.63) is 0 Å².